The zero-order valence-corrected chi connectivity index (χ0v) is 12.0. The molecule has 21 heavy (non-hydrogen) atoms. The molecule has 0 radical (unpaired) electrons. The Balaban J connectivity index is 1.99. The van der Waals surface area contributed by atoms with Crippen molar-refractivity contribution >= 4 is 11.6 Å². The highest BCUT2D eigenvalue weighted by molar-refractivity contribution is 5.75. The van der Waals surface area contributed by atoms with Crippen LogP contribution in [0.15, 0.2) is 30.6 Å². The van der Waals surface area contributed by atoms with Gasteiger partial charge in [0.15, 0.2) is 11.5 Å². The number of amides is 1. The highest BCUT2D eigenvalue weighted by Gasteiger charge is 2.08. The minimum Gasteiger partial charge on any atom is -0.504 e. The topological polar surface area (TPSA) is 88.4 Å². The van der Waals surface area contributed by atoms with Gasteiger partial charge >= 0.3 is 0 Å². The number of phenols is 1. The monoisotopic (exact) mass is 290 g/mol. The van der Waals surface area contributed by atoms with Gasteiger partial charge in [0.2, 0.25) is 5.91 Å². The molecule has 1 heterocycles. The normalized spacial score (nSPS) is 10.2. The van der Waals surface area contributed by atoms with Crippen LogP contribution >= 0.6 is 0 Å². The largest absolute Gasteiger partial charge is 0.504 e. The number of hydrogen-bond donors (Lipinski definition) is 3. The van der Waals surface area contributed by atoms with Gasteiger partial charge in [0.05, 0.1) is 19.0 Å². The number of ether oxygens (including phenoxy) is 1. The number of rotatable bonds is 6. The summed E-state index contributed by atoms with van der Waals surface area (Å²) in [6.45, 7) is 0.595. The number of nitrogens with one attached hydrogen (secondary N) is 2. The first-order chi connectivity index (χ1) is 10.1. The highest BCUT2D eigenvalue weighted by Crippen LogP contribution is 2.29. The van der Waals surface area contributed by atoms with Crippen molar-refractivity contribution in [2.24, 2.45) is 0 Å². The van der Waals surface area contributed by atoms with Crippen LogP contribution in [0.4, 0.5) is 5.69 Å². The summed E-state index contributed by atoms with van der Waals surface area (Å²) in [5.41, 5.74) is 1.48. The van der Waals surface area contributed by atoms with E-state index in [2.05, 4.69) is 15.7 Å². The van der Waals surface area contributed by atoms with Crippen LogP contribution in [0.3, 0.4) is 0 Å². The van der Waals surface area contributed by atoms with Crippen LogP contribution in [0.5, 0.6) is 11.5 Å². The molecule has 2 rings (SSSR count). The van der Waals surface area contributed by atoms with Crippen molar-refractivity contribution in [1.82, 2.24) is 15.1 Å². The number of aromatic hydroxyl groups is 1. The third-order valence-corrected chi connectivity index (χ3v) is 3.00. The maximum atomic E-state index is 11.2. The Hall–Kier alpha value is -2.70. The van der Waals surface area contributed by atoms with E-state index < -0.39 is 0 Å². The third-order valence-electron chi connectivity index (χ3n) is 3.00. The van der Waals surface area contributed by atoms with Crippen molar-refractivity contribution in [2.75, 3.05) is 19.5 Å². The number of para-hydroxylation sites is 1. The predicted octanol–water partition coefficient (Wildman–Crippen LogP) is 0.955. The van der Waals surface area contributed by atoms with E-state index in [1.165, 1.54) is 11.8 Å². The number of hydrogen-bond acceptors (Lipinski definition) is 5. The average Bonchev–Trinajstić information content (AvgIpc) is 2.93. The zero-order valence-electron chi connectivity index (χ0n) is 12.0. The van der Waals surface area contributed by atoms with Gasteiger partial charge in [-0.2, -0.15) is 5.10 Å². The molecule has 112 valence electrons. The van der Waals surface area contributed by atoms with Crippen LogP contribution in [-0.2, 0) is 17.9 Å². The molecule has 0 aliphatic carbocycles. The van der Waals surface area contributed by atoms with Gasteiger partial charge in [0.25, 0.3) is 0 Å². The fourth-order valence-electron chi connectivity index (χ4n) is 1.84. The summed E-state index contributed by atoms with van der Waals surface area (Å²) >= 11 is 0. The molecule has 0 unspecified atom stereocenters. The van der Waals surface area contributed by atoms with Gasteiger partial charge in [-0.15, -0.1) is 0 Å². The number of likely N-dealkylation sites (N-methyl/N-ethyl adjacent to an activating group) is 1. The van der Waals surface area contributed by atoms with E-state index in [-0.39, 0.29) is 18.2 Å². The predicted molar refractivity (Wildman–Crippen MR) is 78.3 cm³/mol. The maximum absolute atomic E-state index is 11.2. The van der Waals surface area contributed by atoms with Crippen molar-refractivity contribution in [1.29, 1.82) is 0 Å². The number of benzene rings is 1. The molecule has 1 aromatic heterocycles. The molecule has 0 aliphatic heterocycles. The average molecular weight is 290 g/mol. The molecular weight excluding hydrogens is 272 g/mol. The molecule has 0 saturated heterocycles. The Morgan fingerprint density at radius 3 is 3.00 bits per heavy atom. The van der Waals surface area contributed by atoms with E-state index >= 15 is 0 Å². The van der Waals surface area contributed by atoms with E-state index in [4.69, 9.17) is 4.74 Å². The van der Waals surface area contributed by atoms with Gasteiger partial charge in [-0.25, -0.2) is 0 Å². The van der Waals surface area contributed by atoms with E-state index in [0.717, 1.165) is 5.69 Å². The Labute approximate surface area is 122 Å². The summed E-state index contributed by atoms with van der Waals surface area (Å²) in [4.78, 5) is 11.2. The summed E-state index contributed by atoms with van der Waals surface area (Å²) in [6, 6.07) is 5.31. The Morgan fingerprint density at radius 2 is 2.29 bits per heavy atom. The number of anilines is 1. The number of aromatic nitrogens is 2. The van der Waals surface area contributed by atoms with Gasteiger partial charge in [0.1, 0.15) is 6.54 Å². The second-order valence-electron chi connectivity index (χ2n) is 4.42. The lowest BCUT2D eigenvalue weighted by atomic mass is 10.2. The minimum absolute atomic E-state index is 0.116. The SMILES string of the molecule is CNC(=O)Cn1cc(NCc2cccc(OC)c2O)cn1. The van der Waals surface area contributed by atoms with Gasteiger partial charge in [-0.3, -0.25) is 9.48 Å². The summed E-state index contributed by atoms with van der Waals surface area (Å²) < 4.78 is 6.59. The summed E-state index contributed by atoms with van der Waals surface area (Å²) in [5, 5.41) is 19.7. The molecule has 3 N–H and O–H groups in total. The van der Waals surface area contributed by atoms with E-state index in [1.807, 2.05) is 6.07 Å². The molecule has 1 amide bonds. The number of carbonyl (C=O) groups excluding carboxylic acids is 1. The first-order valence-corrected chi connectivity index (χ1v) is 6.45. The lowest BCUT2D eigenvalue weighted by Gasteiger charge is -2.09. The molecule has 1 aromatic carbocycles. The number of nitrogens with zero attached hydrogens (tertiary/aromatic N) is 2. The van der Waals surface area contributed by atoms with Gasteiger partial charge < -0.3 is 20.5 Å². The highest BCUT2D eigenvalue weighted by atomic mass is 16.5. The van der Waals surface area contributed by atoms with E-state index in [0.29, 0.717) is 17.9 Å². The van der Waals surface area contributed by atoms with Crippen molar-refractivity contribution in [3.8, 4) is 11.5 Å². The molecule has 0 spiro atoms. The Bertz CT molecular complexity index is 624. The van der Waals surface area contributed by atoms with Gasteiger partial charge in [0, 0.05) is 25.4 Å². The Morgan fingerprint density at radius 1 is 1.48 bits per heavy atom. The van der Waals surface area contributed by atoms with Gasteiger partial charge in [-0.05, 0) is 6.07 Å². The first-order valence-electron chi connectivity index (χ1n) is 6.45. The first kappa shape index (κ1) is 14.7. The minimum atomic E-state index is -0.116. The fourth-order valence-corrected chi connectivity index (χ4v) is 1.84. The molecule has 0 fully saturated rings. The van der Waals surface area contributed by atoms with Crippen LogP contribution in [0.2, 0.25) is 0 Å². The number of methoxy groups -OCH3 is 1. The molecule has 0 saturated carbocycles. The molecule has 0 atom stereocenters. The maximum Gasteiger partial charge on any atom is 0.241 e. The van der Waals surface area contributed by atoms with Crippen LogP contribution in [0, 0.1) is 0 Å². The summed E-state index contributed by atoms with van der Waals surface area (Å²) in [7, 11) is 3.09. The molecule has 2 aromatic rings. The zero-order chi connectivity index (χ0) is 15.2. The lowest BCUT2D eigenvalue weighted by molar-refractivity contribution is -0.121. The molecular formula is C14H18N4O3. The summed E-state index contributed by atoms with van der Waals surface area (Å²) in [6.07, 6.45) is 3.35. The van der Waals surface area contributed by atoms with Crippen LogP contribution in [0.25, 0.3) is 0 Å². The van der Waals surface area contributed by atoms with E-state index in [1.54, 1.807) is 31.6 Å². The van der Waals surface area contributed by atoms with Crippen molar-refractivity contribution in [3.05, 3.63) is 36.2 Å². The second kappa shape index (κ2) is 6.65. The van der Waals surface area contributed by atoms with Crippen molar-refractivity contribution in [2.45, 2.75) is 13.1 Å². The van der Waals surface area contributed by atoms with E-state index in [9.17, 15) is 9.90 Å². The standard InChI is InChI=1S/C14H18N4O3/c1-15-13(19)9-18-8-11(7-17-18)16-6-10-4-3-5-12(21-2)14(10)20/h3-5,7-8,16,20H,6,9H2,1-2H3,(H,15,19). The lowest BCUT2D eigenvalue weighted by Crippen LogP contribution is -2.23. The van der Waals surface area contributed by atoms with Crippen LogP contribution < -0.4 is 15.4 Å². The molecule has 7 heteroatoms. The second-order valence-corrected chi connectivity index (χ2v) is 4.42. The fraction of sp³-hybridized carbons (Fsp3) is 0.286. The molecule has 0 bridgehead atoms. The van der Waals surface area contributed by atoms with Gasteiger partial charge in [-0.1, -0.05) is 12.1 Å². The Kier molecular flexibility index (Phi) is 4.65. The van der Waals surface area contributed by atoms with Crippen molar-refractivity contribution < 1.29 is 14.6 Å². The third kappa shape index (κ3) is 3.65. The molecule has 7 nitrogen and oxygen atoms in total. The molecule has 0 aliphatic rings. The smallest absolute Gasteiger partial charge is 0.241 e. The van der Waals surface area contributed by atoms with Crippen molar-refractivity contribution in [3.63, 3.8) is 0 Å². The number of carbonyl (C=O) groups is 1. The quantitative estimate of drug-likeness (QED) is 0.737. The summed E-state index contributed by atoms with van der Waals surface area (Å²) in [5.74, 6) is 0.435. The number of phenolic OH excluding ortho intramolecular Hbond substituents is 1. The van der Waals surface area contributed by atoms with Crippen LogP contribution in [-0.4, -0.2) is 35.0 Å². The van der Waals surface area contributed by atoms with Crippen LogP contribution in [0.1, 0.15) is 5.56 Å².